The molecule has 0 heterocycles. The van der Waals surface area contributed by atoms with Crippen molar-refractivity contribution in [3.05, 3.63) is 35.9 Å². The second kappa shape index (κ2) is 5.99. The number of rotatable bonds is 6. The summed E-state index contributed by atoms with van der Waals surface area (Å²) in [6.45, 7) is 4.74. The monoisotopic (exact) mass is 222 g/mol. The zero-order valence-corrected chi connectivity index (χ0v) is 10.1. The lowest BCUT2D eigenvalue weighted by Crippen LogP contribution is -2.55. The van der Waals surface area contributed by atoms with E-state index in [0.29, 0.717) is 0 Å². The van der Waals surface area contributed by atoms with Crippen molar-refractivity contribution < 1.29 is 5.11 Å². The summed E-state index contributed by atoms with van der Waals surface area (Å²) in [5, 5.41) is 12.5. The molecule has 16 heavy (non-hydrogen) atoms. The maximum absolute atomic E-state index is 9.22. The Morgan fingerprint density at radius 2 is 1.94 bits per heavy atom. The van der Waals surface area contributed by atoms with Crippen LogP contribution in [0.15, 0.2) is 30.3 Å². The first kappa shape index (κ1) is 13.2. The molecule has 0 bridgehead atoms. The third kappa shape index (κ3) is 4.31. The highest BCUT2D eigenvalue weighted by Gasteiger charge is 2.23. The highest BCUT2D eigenvalue weighted by Crippen LogP contribution is 2.05. The van der Waals surface area contributed by atoms with Gasteiger partial charge in [-0.15, -0.1) is 0 Å². The largest absolute Gasteiger partial charge is 0.395 e. The highest BCUT2D eigenvalue weighted by atomic mass is 16.3. The SMILES string of the molecule is CC(C)(N)C(CO)NCCc1ccccc1. The molecule has 0 radical (unpaired) electrons. The minimum Gasteiger partial charge on any atom is -0.395 e. The summed E-state index contributed by atoms with van der Waals surface area (Å²) < 4.78 is 0. The minimum absolute atomic E-state index is 0.0591. The molecule has 0 aliphatic rings. The number of nitrogens with two attached hydrogens (primary N) is 1. The first-order valence-electron chi connectivity index (χ1n) is 5.71. The van der Waals surface area contributed by atoms with Crippen LogP contribution in [-0.4, -0.2) is 29.8 Å². The Morgan fingerprint density at radius 3 is 2.44 bits per heavy atom. The molecule has 3 nitrogen and oxygen atoms in total. The van der Waals surface area contributed by atoms with Crippen molar-refractivity contribution in [1.82, 2.24) is 5.32 Å². The summed E-state index contributed by atoms with van der Waals surface area (Å²) in [5.74, 6) is 0. The molecule has 0 fully saturated rings. The lowest BCUT2D eigenvalue weighted by atomic mass is 9.96. The molecule has 0 saturated heterocycles. The molecule has 0 saturated carbocycles. The molecule has 4 N–H and O–H groups in total. The van der Waals surface area contributed by atoms with Crippen LogP contribution in [-0.2, 0) is 6.42 Å². The normalized spacial score (nSPS) is 13.8. The van der Waals surface area contributed by atoms with Crippen molar-refractivity contribution in [2.24, 2.45) is 5.73 Å². The van der Waals surface area contributed by atoms with Gasteiger partial charge in [-0.1, -0.05) is 30.3 Å². The lowest BCUT2D eigenvalue weighted by molar-refractivity contribution is 0.194. The van der Waals surface area contributed by atoms with Gasteiger partial charge in [0.05, 0.1) is 6.61 Å². The summed E-state index contributed by atoms with van der Waals surface area (Å²) in [6.07, 6.45) is 0.952. The van der Waals surface area contributed by atoms with E-state index in [2.05, 4.69) is 17.4 Å². The van der Waals surface area contributed by atoms with E-state index < -0.39 is 5.54 Å². The molecule has 1 unspecified atom stereocenters. The Balaban J connectivity index is 2.35. The van der Waals surface area contributed by atoms with Crippen LogP contribution in [0.25, 0.3) is 0 Å². The average molecular weight is 222 g/mol. The van der Waals surface area contributed by atoms with Crippen molar-refractivity contribution in [2.75, 3.05) is 13.2 Å². The van der Waals surface area contributed by atoms with Gasteiger partial charge in [-0.25, -0.2) is 0 Å². The number of aliphatic hydroxyl groups is 1. The van der Waals surface area contributed by atoms with E-state index in [1.165, 1.54) is 5.56 Å². The number of aliphatic hydroxyl groups excluding tert-OH is 1. The van der Waals surface area contributed by atoms with Gasteiger partial charge in [0, 0.05) is 11.6 Å². The van der Waals surface area contributed by atoms with Gasteiger partial charge in [0.15, 0.2) is 0 Å². The van der Waals surface area contributed by atoms with Crippen LogP contribution in [0.2, 0.25) is 0 Å². The summed E-state index contributed by atoms with van der Waals surface area (Å²) in [7, 11) is 0. The fraction of sp³-hybridized carbons (Fsp3) is 0.538. The minimum atomic E-state index is -0.397. The van der Waals surface area contributed by atoms with E-state index in [1.807, 2.05) is 32.0 Å². The first-order valence-corrected chi connectivity index (χ1v) is 5.71. The zero-order chi connectivity index (χ0) is 12.0. The zero-order valence-electron chi connectivity index (χ0n) is 10.1. The Morgan fingerprint density at radius 1 is 1.31 bits per heavy atom. The molecule has 1 aromatic carbocycles. The predicted octanol–water partition coefficient (Wildman–Crippen LogP) is 0.917. The van der Waals surface area contributed by atoms with E-state index in [0.717, 1.165) is 13.0 Å². The lowest BCUT2D eigenvalue weighted by Gasteiger charge is -2.29. The Bertz CT molecular complexity index is 293. The van der Waals surface area contributed by atoms with Crippen molar-refractivity contribution in [1.29, 1.82) is 0 Å². The second-order valence-corrected chi connectivity index (χ2v) is 4.75. The van der Waals surface area contributed by atoms with Crippen molar-refractivity contribution in [2.45, 2.75) is 31.8 Å². The third-order valence-corrected chi connectivity index (χ3v) is 2.73. The molecule has 1 aromatic rings. The summed E-state index contributed by atoms with van der Waals surface area (Å²) >= 11 is 0. The molecule has 0 amide bonds. The quantitative estimate of drug-likeness (QED) is 0.671. The van der Waals surface area contributed by atoms with Crippen LogP contribution < -0.4 is 11.1 Å². The predicted molar refractivity (Wildman–Crippen MR) is 67.3 cm³/mol. The van der Waals surface area contributed by atoms with Crippen molar-refractivity contribution in [3.63, 3.8) is 0 Å². The van der Waals surface area contributed by atoms with E-state index in [1.54, 1.807) is 0 Å². The topological polar surface area (TPSA) is 58.3 Å². The van der Waals surface area contributed by atoms with E-state index in [-0.39, 0.29) is 12.6 Å². The van der Waals surface area contributed by atoms with Gasteiger partial charge in [0.25, 0.3) is 0 Å². The van der Waals surface area contributed by atoms with Crippen molar-refractivity contribution >= 4 is 0 Å². The average Bonchev–Trinajstić information content (AvgIpc) is 2.24. The summed E-state index contributed by atoms with van der Waals surface area (Å²) in [6, 6.07) is 10.2. The van der Waals surface area contributed by atoms with Gasteiger partial charge < -0.3 is 16.2 Å². The highest BCUT2D eigenvalue weighted by molar-refractivity contribution is 5.14. The van der Waals surface area contributed by atoms with Crippen LogP contribution in [0.5, 0.6) is 0 Å². The smallest absolute Gasteiger partial charge is 0.0602 e. The Labute approximate surface area is 97.7 Å². The second-order valence-electron chi connectivity index (χ2n) is 4.75. The molecule has 0 aromatic heterocycles. The van der Waals surface area contributed by atoms with Crippen LogP contribution in [0.1, 0.15) is 19.4 Å². The van der Waals surface area contributed by atoms with Gasteiger partial charge in [0.2, 0.25) is 0 Å². The van der Waals surface area contributed by atoms with Gasteiger partial charge in [-0.2, -0.15) is 0 Å². The van der Waals surface area contributed by atoms with Crippen molar-refractivity contribution in [3.8, 4) is 0 Å². The molecule has 0 aliphatic carbocycles. The Kier molecular flexibility index (Phi) is 4.93. The molecule has 1 atom stereocenters. The van der Waals surface area contributed by atoms with E-state index in [4.69, 9.17) is 5.73 Å². The number of nitrogens with one attached hydrogen (secondary N) is 1. The summed E-state index contributed by atoms with van der Waals surface area (Å²) in [4.78, 5) is 0. The van der Waals surface area contributed by atoms with Gasteiger partial charge >= 0.3 is 0 Å². The standard InChI is InChI=1S/C13H22N2O/c1-13(2,14)12(10-16)15-9-8-11-6-4-3-5-7-11/h3-7,12,15-16H,8-10,14H2,1-2H3. The summed E-state index contributed by atoms with van der Waals surface area (Å²) in [5.41, 5.74) is 6.84. The molecular formula is C13H22N2O. The Hall–Kier alpha value is -0.900. The van der Waals surface area contributed by atoms with Crippen LogP contribution in [0.3, 0.4) is 0 Å². The maximum atomic E-state index is 9.22. The molecule has 0 aliphatic heterocycles. The molecule has 0 spiro atoms. The van der Waals surface area contributed by atoms with E-state index >= 15 is 0 Å². The molecule has 1 rings (SSSR count). The fourth-order valence-electron chi connectivity index (χ4n) is 1.60. The van der Waals surface area contributed by atoms with E-state index in [9.17, 15) is 5.11 Å². The fourth-order valence-corrected chi connectivity index (χ4v) is 1.60. The molecular weight excluding hydrogens is 200 g/mol. The third-order valence-electron chi connectivity index (χ3n) is 2.73. The number of benzene rings is 1. The number of hydrogen-bond acceptors (Lipinski definition) is 3. The van der Waals surface area contributed by atoms with Crippen LogP contribution in [0, 0.1) is 0 Å². The van der Waals surface area contributed by atoms with Crippen LogP contribution in [0.4, 0.5) is 0 Å². The van der Waals surface area contributed by atoms with Gasteiger partial charge in [-0.3, -0.25) is 0 Å². The number of hydrogen-bond donors (Lipinski definition) is 3. The van der Waals surface area contributed by atoms with Gasteiger partial charge in [0.1, 0.15) is 0 Å². The molecule has 3 heteroatoms. The van der Waals surface area contributed by atoms with Gasteiger partial charge in [-0.05, 0) is 32.4 Å². The first-order chi connectivity index (χ1) is 7.54. The maximum Gasteiger partial charge on any atom is 0.0602 e. The van der Waals surface area contributed by atoms with Crippen LogP contribution >= 0.6 is 0 Å². The molecule has 90 valence electrons.